The van der Waals surface area contributed by atoms with Crippen LogP contribution in [0.15, 0.2) is 109 Å². The molecule has 6 rings (SSSR count). The van der Waals surface area contributed by atoms with Gasteiger partial charge in [0.25, 0.3) is 5.91 Å². The molecule has 0 spiro atoms. The lowest BCUT2D eigenvalue weighted by molar-refractivity contribution is -0.150. The second kappa shape index (κ2) is 15.0. The fourth-order valence-electron chi connectivity index (χ4n) is 6.46. The van der Waals surface area contributed by atoms with Crippen molar-refractivity contribution in [2.45, 2.75) is 75.1 Å². The van der Waals surface area contributed by atoms with Crippen molar-refractivity contribution in [1.82, 2.24) is 10.6 Å². The van der Waals surface area contributed by atoms with E-state index in [9.17, 15) is 24.9 Å². The van der Waals surface area contributed by atoms with Crippen LogP contribution in [0.25, 0.3) is 0 Å². The Balaban J connectivity index is 1.22. The molecule has 0 unspecified atom stereocenters. The molecule has 4 aromatic carbocycles. The number of carbonyl (C=O) groups excluding carboxylic acids is 2. The standard InChI is InChI=1S/C38H40N2O7/c41-30-19-26-15-7-9-17-28(26)34(30)39-37(44)33(46-22-24-11-3-1-4-12-24)21-32(43)36(47-23-25-13-5-2-6-14-25)38(45)40-35-29-18-10-8-16-27(29)20-31(35)42/h1-18,30-36,41-43H,19-23H2,(H,39,44)(H,40,45)/t30-,31-,32-,33+,34+,35+,36+/m0/s1. The molecular formula is C38H40N2O7. The molecule has 0 saturated carbocycles. The van der Waals surface area contributed by atoms with Crippen LogP contribution in [0.4, 0.5) is 0 Å². The van der Waals surface area contributed by atoms with Crippen LogP contribution in [0.3, 0.4) is 0 Å². The number of carbonyl (C=O) groups is 2. The van der Waals surface area contributed by atoms with Crippen molar-refractivity contribution in [3.8, 4) is 0 Å². The van der Waals surface area contributed by atoms with E-state index in [0.717, 1.165) is 33.4 Å². The highest BCUT2D eigenvalue weighted by Crippen LogP contribution is 2.33. The average molecular weight is 637 g/mol. The fourth-order valence-corrected chi connectivity index (χ4v) is 6.46. The first kappa shape index (κ1) is 32.6. The summed E-state index contributed by atoms with van der Waals surface area (Å²) in [6.07, 6.45) is -5.14. The van der Waals surface area contributed by atoms with Crippen molar-refractivity contribution >= 4 is 11.8 Å². The Bertz CT molecular complexity index is 1650. The fraction of sp³-hybridized carbons (Fsp3) is 0.316. The van der Waals surface area contributed by atoms with Crippen molar-refractivity contribution in [1.29, 1.82) is 0 Å². The number of aliphatic hydroxyl groups excluding tert-OH is 3. The Labute approximate surface area is 274 Å². The van der Waals surface area contributed by atoms with Crippen LogP contribution in [0, 0.1) is 0 Å². The summed E-state index contributed by atoms with van der Waals surface area (Å²) < 4.78 is 12.2. The molecule has 5 N–H and O–H groups in total. The van der Waals surface area contributed by atoms with Crippen LogP contribution in [0.2, 0.25) is 0 Å². The molecular weight excluding hydrogens is 596 g/mol. The number of ether oxygens (including phenoxy) is 2. The Morgan fingerprint density at radius 2 is 1.09 bits per heavy atom. The summed E-state index contributed by atoms with van der Waals surface area (Å²) in [5.74, 6) is -1.14. The van der Waals surface area contributed by atoms with E-state index >= 15 is 0 Å². The van der Waals surface area contributed by atoms with Gasteiger partial charge in [0.2, 0.25) is 5.91 Å². The predicted molar refractivity (Wildman–Crippen MR) is 175 cm³/mol. The highest BCUT2D eigenvalue weighted by molar-refractivity contribution is 5.83. The van der Waals surface area contributed by atoms with Crippen LogP contribution in [0.1, 0.15) is 51.9 Å². The number of hydrogen-bond donors (Lipinski definition) is 5. The molecule has 0 saturated heterocycles. The molecule has 0 radical (unpaired) electrons. The zero-order chi connectivity index (χ0) is 32.8. The topological polar surface area (TPSA) is 137 Å². The average Bonchev–Trinajstić information content (AvgIpc) is 3.58. The van der Waals surface area contributed by atoms with Gasteiger partial charge >= 0.3 is 0 Å². The molecule has 9 nitrogen and oxygen atoms in total. The van der Waals surface area contributed by atoms with Crippen LogP contribution >= 0.6 is 0 Å². The maximum Gasteiger partial charge on any atom is 0.252 e. The minimum atomic E-state index is -1.46. The Hall–Kier alpha value is -4.38. The lowest BCUT2D eigenvalue weighted by Gasteiger charge is -2.29. The van der Waals surface area contributed by atoms with E-state index in [-0.39, 0.29) is 19.6 Å². The second-order valence-corrected chi connectivity index (χ2v) is 12.2. The normalized spacial score (nSPS) is 21.7. The summed E-state index contributed by atoms with van der Waals surface area (Å²) in [4.78, 5) is 27.6. The molecule has 9 heteroatoms. The Morgan fingerprint density at radius 3 is 1.62 bits per heavy atom. The molecule has 2 amide bonds. The number of hydrogen-bond acceptors (Lipinski definition) is 7. The zero-order valence-corrected chi connectivity index (χ0v) is 25.9. The Morgan fingerprint density at radius 1 is 0.638 bits per heavy atom. The number of amides is 2. The smallest absolute Gasteiger partial charge is 0.252 e. The van der Waals surface area contributed by atoms with Gasteiger partial charge in [0.1, 0.15) is 6.10 Å². The maximum absolute atomic E-state index is 13.8. The lowest BCUT2D eigenvalue weighted by atomic mass is 10.0. The molecule has 0 bridgehead atoms. The third-order valence-corrected chi connectivity index (χ3v) is 8.93. The van der Waals surface area contributed by atoms with Crippen LogP contribution in [-0.2, 0) is 45.1 Å². The number of fused-ring (bicyclic) bond motifs is 2. The van der Waals surface area contributed by atoms with Crippen molar-refractivity contribution in [2.24, 2.45) is 0 Å². The zero-order valence-electron chi connectivity index (χ0n) is 25.9. The van der Waals surface area contributed by atoms with Gasteiger partial charge in [-0.05, 0) is 33.4 Å². The number of aliphatic hydroxyl groups is 3. The van der Waals surface area contributed by atoms with E-state index in [2.05, 4.69) is 10.6 Å². The van der Waals surface area contributed by atoms with E-state index in [1.54, 1.807) is 0 Å². The third kappa shape index (κ3) is 7.78. The monoisotopic (exact) mass is 636 g/mol. The molecule has 2 aliphatic rings. The molecule has 0 heterocycles. The molecule has 0 fully saturated rings. The maximum atomic E-state index is 13.8. The first-order chi connectivity index (χ1) is 22.9. The summed E-state index contributed by atoms with van der Waals surface area (Å²) in [6.45, 7) is 0.120. The summed E-state index contributed by atoms with van der Waals surface area (Å²) in [5.41, 5.74) is 5.16. The number of rotatable bonds is 13. The van der Waals surface area contributed by atoms with Gasteiger partial charge < -0.3 is 35.4 Å². The van der Waals surface area contributed by atoms with Crippen LogP contribution in [0.5, 0.6) is 0 Å². The van der Waals surface area contributed by atoms with Crippen molar-refractivity contribution in [3.63, 3.8) is 0 Å². The minimum Gasteiger partial charge on any atom is -0.390 e. The lowest BCUT2D eigenvalue weighted by Crippen LogP contribution is -2.49. The highest BCUT2D eigenvalue weighted by Gasteiger charge is 2.39. The number of benzene rings is 4. The van der Waals surface area contributed by atoms with Crippen LogP contribution in [-0.4, -0.2) is 57.7 Å². The van der Waals surface area contributed by atoms with E-state index in [1.165, 1.54) is 0 Å². The van der Waals surface area contributed by atoms with Gasteiger partial charge in [-0.15, -0.1) is 0 Å². The first-order valence-electron chi connectivity index (χ1n) is 16.0. The molecule has 244 valence electrons. The van der Waals surface area contributed by atoms with Gasteiger partial charge in [0.05, 0.1) is 43.6 Å². The van der Waals surface area contributed by atoms with Gasteiger partial charge in [0, 0.05) is 19.3 Å². The third-order valence-electron chi connectivity index (χ3n) is 8.93. The van der Waals surface area contributed by atoms with E-state index in [0.29, 0.717) is 12.8 Å². The van der Waals surface area contributed by atoms with Crippen molar-refractivity contribution < 1.29 is 34.4 Å². The Kier molecular flexibility index (Phi) is 10.4. The van der Waals surface area contributed by atoms with Gasteiger partial charge in [-0.2, -0.15) is 0 Å². The van der Waals surface area contributed by atoms with Gasteiger partial charge in [-0.3, -0.25) is 9.59 Å². The summed E-state index contributed by atoms with van der Waals surface area (Å²) in [7, 11) is 0. The minimum absolute atomic E-state index is 0.0343. The molecule has 0 aliphatic heterocycles. The van der Waals surface area contributed by atoms with E-state index in [1.807, 2.05) is 109 Å². The summed E-state index contributed by atoms with van der Waals surface area (Å²) in [5, 5.41) is 39.0. The van der Waals surface area contributed by atoms with Gasteiger partial charge in [-0.1, -0.05) is 109 Å². The van der Waals surface area contributed by atoms with Crippen molar-refractivity contribution in [3.05, 3.63) is 143 Å². The van der Waals surface area contributed by atoms with Gasteiger partial charge in [-0.25, -0.2) is 0 Å². The summed E-state index contributed by atoms with van der Waals surface area (Å²) in [6, 6.07) is 32.3. The largest absolute Gasteiger partial charge is 0.390 e. The van der Waals surface area contributed by atoms with Gasteiger partial charge in [0.15, 0.2) is 6.10 Å². The number of nitrogens with one attached hydrogen (secondary N) is 2. The van der Waals surface area contributed by atoms with Crippen molar-refractivity contribution in [2.75, 3.05) is 0 Å². The summed E-state index contributed by atoms with van der Waals surface area (Å²) >= 11 is 0. The molecule has 7 atom stereocenters. The molecule has 0 aromatic heterocycles. The van der Waals surface area contributed by atoms with E-state index in [4.69, 9.17) is 9.47 Å². The van der Waals surface area contributed by atoms with E-state index < -0.39 is 54.4 Å². The van der Waals surface area contributed by atoms with Crippen LogP contribution < -0.4 is 10.6 Å². The molecule has 47 heavy (non-hydrogen) atoms. The first-order valence-corrected chi connectivity index (χ1v) is 16.0. The second-order valence-electron chi connectivity index (χ2n) is 12.2. The SMILES string of the molecule is O=C(N[C@@H]1c2ccccc2C[C@@H]1O)[C@@H](C[C@H](O)[C@@H](OCc1ccccc1)C(=O)N[C@@H]1c2ccccc2C[C@@H]1O)OCc1ccccc1. The quantitative estimate of drug-likeness (QED) is 0.152. The highest BCUT2D eigenvalue weighted by atomic mass is 16.5. The molecule has 2 aliphatic carbocycles. The predicted octanol–water partition coefficient (Wildman–Crippen LogP) is 3.46. The molecule has 4 aromatic rings.